The summed E-state index contributed by atoms with van der Waals surface area (Å²) >= 11 is 0. The van der Waals surface area contributed by atoms with E-state index in [9.17, 15) is 5.11 Å². The highest BCUT2D eigenvalue weighted by Gasteiger charge is 2.49. The van der Waals surface area contributed by atoms with E-state index in [0.717, 1.165) is 5.56 Å². The minimum atomic E-state index is -0.571. The first-order valence-corrected chi connectivity index (χ1v) is 5.00. The van der Waals surface area contributed by atoms with Crippen LogP contribution in [-0.4, -0.2) is 10.7 Å². The summed E-state index contributed by atoms with van der Waals surface area (Å²) < 4.78 is 0. The largest absolute Gasteiger partial charge is 0.390 e. The van der Waals surface area contributed by atoms with Gasteiger partial charge in [-0.2, -0.15) is 0 Å². The second-order valence-electron chi connectivity index (χ2n) is 4.88. The van der Waals surface area contributed by atoms with Crippen molar-refractivity contribution in [1.29, 1.82) is 0 Å². The lowest BCUT2D eigenvalue weighted by Gasteiger charge is -2.49. The van der Waals surface area contributed by atoms with E-state index in [-0.39, 0.29) is 5.54 Å². The van der Waals surface area contributed by atoms with Gasteiger partial charge in [-0.25, -0.2) is 0 Å². The topological polar surface area (TPSA) is 46.2 Å². The Morgan fingerprint density at radius 1 is 1.36 bits per heavy atom. The van der Waals surface area contributed by atoms with E-state index in [4.69, 9.17) is 5.73 Å². The van der Waals surface area contributed by atoms with Gasteiger partial charge in [-0.05, 0) is 32.3 Å². The van der Waals surface area contributed by atoms with Gasteiger partial charge in [-0.3, -0.25) is 0 Å². The van der Waals surface area contributed by atoms with Crippen LogP contribution in [-0.2, 0) is 5.54 Å². The van der Waals surface area contributed by atoms with Crippen molar-refractivity contribution in [1.82, 2.24) is 0 Å². The molecule has 2 nitrogen and oxygen atoms in total. The van der Waals surface area contributed by atoms with Crippen molar-refractivity contribution in [2.75, 3.05) is 0 Å². The van der Waals surface area contributed by atoms with Gasteiger partial charge >= 0.3 is 0 Å². The van der Waals surface area contributed by atoms with Crippen molar-refractivity contribution >= 4 is 0 Å². The molecule has 0 saturated heterocycles. The minimum absolute atomic E-state index is 0.310. The Balaban J connectivity index is 2.25. The quantitative estimate of drug-likeness (QED) is 0.709. The molecule has 3 N–H and O–H groups in total. The van der Waals surface area contributed by atoms with Crippen LogP contribution in [0.15, 0.2) is 24.3 Å². The first kappa shape index (κ1) is 9.69. The summed E-state index contributed by atoms with van der Waals surface area (Å²) in [5.74, 6) is 0. The fourth-order valence-electron chi connectivity index (χ4n) is 2.47. The number of hydrogen-bond acceptors (Lipinski definition) is 2. The van der Waals surface area contributed by atoms with Gasteiger partial charge in [-0.1, -0.05) is 29.8 Å². The second kappa shape index (κ2) is 2.81. The number of aryl methyl sites for hydroxylation is 1. The Morgan fingerprint density at radius 2 is 2.00 bits per heavy atom. The zero-order valence-corrected chi connectivity index (χ0v) is 8.75. The van der Waals surface area contributed by atoms with E-state index in [1.807, 2.05) is 19.1 Å². The molecule has 1 aliphatic rings. The standard InChI is InChI=1S/C12H17NO/c1-9-4-3-5-10(6-9)12(13)7-11(2,14)8-12/h3-6,14H,7-8,13H2,1-2H3. The lowest BCUT2D eigenvalue weighted by molar-refractivity contribution is -0.0738. The number of rotatable bonds is 1. The first-order valence-electron chi connectivity index (χ1n) is 5.00. The molecule has 1 aliphatic carbocycles. The molecule has 1 saturated carbocycles. The molecule has 0 aliphatic heterocycles. The summed E-state index contributed by atoms with van der Waals surface area (Å²) in [6.45, 7) is 3.90. The van der Waals surface area contributed by atoms with Crippen LogP contribution in [0, 0.1) is 6.92 Å². The Morgan fingerprint density at radius 3 is 2.50 bits per heavy atom. The second-order valence-corrected chi connectivity index (χ2v) is 4.88. The van der Waals surface area contributed by atoms with E-state index in [1.54, 1.807) is 0 Å². The molecule has 14 heavy (non-hydrogen) atoms. The SMILES string of the molecule is Cc1cccc(C2(N)CC(C)(O)C2)c1. The normalized spacial score (nSPS) is 36.6. The molecule has 0 unspecified atom stereocenters. The van der Waals surface area contributed by atoms with Crippen molar-refractivity contribution in [3.8, 4) is 0 Å². The van der Waals surface area contributed by atoms with E-state index in [0.29, 0.717) is 12.8 Å². The van der Waals surface area contributed by atoms with Gasteiger partial charge in [0.05, 0.1) is 5.60 Å². The van der Waals surface area contributed by atoms with Gasteiger partial charge in [0.2, 0.25) is 0 Å². The number of benzene rings is 1. The summed E-state index contributed by atoms with van der Waals surface area (Å²) in [7, 11) is 0. The van der Waals surface area contributed by atoms with Gasteiger partial charge in [0.25, 0.3) is 0 Å². The van der Waals surface area contributed by atoms with Crippen LogP contribution in [0.3, 0.4) is 0 Å². The highest BCUT2D eigenvalue weighted by molar-refractivity contribution is 5.32. The molecule has 2 rings (SSSR count). The van der Waals surface area contributed by atoms with Crippen LogP contribution in [0.4, 0.5) is 0 Å². The monoisotopic (exact) mass is 191 g/mol. The summed E-state index contributed by atoms with van der Waals surface area (Å²) in [6, 6.07) is 8.23. The maximum absolute atomic E-state index is 9.70. The van der Waals surface area contributed by atoms with Crippen molar-refractivity contribution in [2.45, 2.75) is 37.8 Å². The molecule has 1 aromatic rings. The summed E-state index contributed by atoms with van der Waals surface area (Å²) in [6.07, 6.45) is 1.31. The number of hydrogen-bond donors (Lipinski definition) is 2. The van der Waals surface area contributed by atoms with Gasteiger partial charge in [-0.15, -0.1) is 0 Å². The predicted molar refractivity (Wildman–Crippen MR) is 56.9 cm³/mol. The van der Waals surface area contributed by atoms with Crippen LogP contribution in [0.5, 0.6) is 0 Å². The number of nitrogens with two attached hydrogens (primary N) is 1. The molecule has 1 aromatic carbocycles. The molecule has 1 fully saturated rings. The third-order valence-corrected chi connectivity index (χ3v) is 2.99. The molecular formula is C12H17NO. The minimum Gasteiger partial charge on any atom is -0.390 e. The average Bonchev–Trinajstić information content (AvgIpc) is 2.00. The van der Waals surface area contributed by atoms with Gasteiger partial charge in [0, 0.05) is 5.54 Å². The molecule has 0 atom stereocenters. The van der Waals surface area contributed by atoms with Crippen LogP contribution < -0.4 is 5.73 Å². The molecule has 76 valence electrons. The van der Waals surface area contributed by atoms with Crippen LogP contribution >= 0.6 is 0 Å². The lowest BCUT2D eigenvalue weighted by atomic mass is 9.63. The Kier molecular flexibility index (Phi) is 1.95. The van der Waals surface area contributed by atoms with Crippen LogP contribution in [0.2, 0.25) is 0 Å². The molecule has 0 aromatic heterocycles. The molecule has 0 heterocycles. The van der Waals surface area contributed by atoms with Crippen LogP contribution in [0.25, 0.3) is 0 Å². The summed E-state index contributed by atoms with van der Waals surface area (Å²) in [5, 5.41) is 9.70. The highest BCUT2D eigenvalue weighted by atomic mass is 16.3. The molecule has 0 amide bonds. The third-order valence-electron chi connectivity index (χ3n) is 2.99. The van der Waals surface area contributed by atoms with Crippen LogP contribution in [0.1, 0.15) is 30.9 Å². The summed E-state index contributed by atoms with van der Waals surface area (Å²) in [4.78, 5) is 0. The maximum atomic E-state index is 9.70. The highest BCUT2D eigenvalue weighted by Crippen LogP contribution is 2.46. The fourth-order valence-corrected chi connectivity index (χ4v) is 2.47. The van der Waals surface area contributed by atoms with Crippen molar-refractivity contribution < 1.29 is 5.11 Å². The zero-order chi connectivity index (χ0) is 10.4. The molecular weight excluding hydrogens is 174 g/mol. The van der Waals surface area contributed by atoms with E-state index < -0.39 is 5.60 Å². The van der Waals surface area contributed by atoms with Crippen molar-refractivity contribution in [3.63, 3.8) is 0 Å². The van der Waals surface area contributed by atoms with E-state index >= 15 is 0 Å². The molecule has 0 bridgehead atoms. The molecule has 2 heteroatoms. The Hall–Kier alpha value is -0.860. The van der Waals surface area contributed by atoms with E-state index in [2.05, 4.69) is 19.1 Å². The maximum Gasteiger partial charge on any atom is 0.0661 e. The lowest BCUT2D eigenvalue weighted by Crippen LogP contribution is -2.58. The van der Waals surface area contributed by atoms with Crippen molar-refractivity contribution in [3.05, 3.63) is 35.4 Å². The number of aliphatic hydroxyl groups is 1. The zero-order valence-electron chi connectivity index (χ0n) is 8.75. The molecule has 0 radical (unpaired) electrons. The van der Waals surface area contributed by atoms with Gasteiger partial charge < -0.3 is 10.8 Å². The Labute approximate surface area is 84.7 Å². The first-order chi connectivity index (χ1) is 6.41. The third kappa shape index (κ3) is 1.56. The van der Waals surface area contributed by atoms with Gasteiger partial charge in [0.15, 0.2) is 0 Å². The fraction of sp³-hybridized carbons (Fsp3) is 0.500. The Bertz CT molecular complexity index is 349. The predicted octanol–water partition coefficient (Wildman–Crippen LogP) is 1.69. The van der Waals surface area contributed by atoms with E-state index in [1.165, 1.54) is 5.56 Å². The van der Waals surface area contributed by atoms with Crippen molar-refractivity contribution in [2.24, 2.45) is 5.73 Å². The smallest absolute Gasteiger partial charge is 0.0661 e. The average molecular weight is 191 g/mol. The molecule has 0 spiro atoms. The van der Waals surface area contributed by atoms with Gasteiger partial charge in [0.1, 0.15) is 0 Å². The summed E-state index contributed by atoms with van der Waals surface area (Å²) in [5.41, 5.74) is 7.69.